The quantitative estimate of drug-likeness (QED) is 0.0738. The molecule has 0 amide bonds. The number of nitriles is 1. The molecule has 7 rings (SSSR count). The lowest BCUT2D eigenvalue weighted by atomic mass is 9.81. The van der Waals surface area contributed by atoms with Crippen LogP contribution in [0.2, 0.25) is 10.0 Å². The van der Waals surface area contributed by atoms with Crippen LogP contribution >= 0.6 is 39.1 Å². The number of ether oxygens (including phenoxy) is 3. The topological polar surface area (TPSA) is 146 Å². The highest BCUT2D eigenvalue weighted by atomic mass is 79.9. The van der Waals surface area contributed by atoms with E-state index < -0.39 is 93.6 Å². The summed E-state index contributed by atoms with van der Waals surface area (Å²) < 4.78 is 220. The van der Waals surface area contributed by atoms with Crippen LogP contribution in [0.15, 0.2) is 155 Å². The van der Waals surface area contributed by atoms with Crippen LogP contribution in [0.5, 0.6) is 17.2 Å². The normalized spacial score (nSPS) is 12.8. The summed E-state index contributed by atoms with van der Waals surface area (Å²) in [5.74, 6) is -5.17. The highest BCUT2D eigenvalue weighted by Crippen LogP contribution is 2.36. The molecule has 7 aromatic rings. The highest BCUT2D eigenvalue weighted by Gasteiger charge is 2.46. The Labute approximate surface area is 492 Å². The Morgan fingerprint density at radius 1 is 0.643 bits per heavy atom. The monoisotopic (exact) mass is 1320 g/mol. The molecule has 3 aromatic heterocycles. The van der Waals surface area contributed by atoms with Crippen molar-refractivity contribution in [3.63, 3.8) is 0 Å². The van der Waals surface area contributed by atoms with E-state index in [1.54, 1.807) is 75.4 Å². The molecular weight excluding hydrogens is 1280 g/mol. The Morgan fingerprint density at radius 2 is 1.12 bits per heavy atom. The maximum absolute atomic E-state index is 14.2. The van der Waals surface area contributed by atoms with Gasteiger partial charge in [-0.05, 0) is 105 Å². The summed E-state index contributed by atoms with van der Waals surface area (Å²) in [6.07, 6.45) is -22.1. The minimum Gasteiger partial charge on any atom is -0.428 e. The van der Waals surface area contributed by atoms with Crippen molar-refractivity contribution in [1.82, 2.24) is 15.0 Å². The largest absolute Gasteiger partial charge is 0.461 e. The first-order chi connectivity index (χ1) is 39.1. The van der Waals surface area contributed by atoms with Crippen molar-refractivity contribution in [2.75, 3.05) is 0 Å². The number of rotatable bonds is 16. The minimum absolute atomic E-state index is 0.0150. The van der Waals surface area contributed by atoms with Gasteiger partial charge in [0.1, 0.15) is 63.2 Å². The molecule has 3 heterocycles. The Hall–Kier alpha value is -6.99. The molecule has 0 fully saturated rings. The van der Waals surface area contributed by atoms with Gasteiger partial charge in [0, 0.05) is 53.2 Å². The molecule has 452 valence electrons. The molecule has 0 saturated carbocycles. The molecule has 0 aliphatic rings. The maximum Gasteiger partial charge on any atom is 0.461 e. The first-order valence-electron chi connectivity index (χ1n) is 23.7. The van der Waals surface area contributed by atoms with E-state index in [1.807, 2.05) is 19.9 Å². The summed E-state index contributed by atoms with van der Waals surface area (Å²) >= 11 is 14.2. The molecule has 4 aromatic carbocycles. The smallest absolute Gasteiger partial charge is 0.428 e. The van der Waals surface area contributed by atoms with Crippen LogP contribution in [0.25, 0.3) is 0 Å². The van der Waals surface area contributed by atoms with Crippen LogP contribution < -0.4 is 19.9 Å². The van der Waals surface area contributed by atoms with Crippen LogP contribution in [0.1, 0.15) is 68.4 Å². The van der Waals surface area contributed by atoms with E-state index in [-0.39, 0.29) is 39.1 Å². The number of nitrogens with zero attached hydrogens (tertiary/aromatic N) is 5. The molecule has 0 aliphatic heterocycles. The third-order valence-electron chi connectivity index (χ3n) is 9.85. The number of hydrogen-bond acceptors (Lipinski definition) is 9. The van der Waals surface area contributed by atoms with Crippen LogP contribution in [-0.4, -0.2) is 67.2 Å². The van der Waals surface area contributed by atoms with Gasteiger partial charge >= 0.3 is 37.6 Å². The zero-order valence-corrected chi connectivity index (χ0v) is 47.9. The van der Waals surface area contributed by atoms with E-state index in [9.17, 15) is 70.1 Å². The van der Waals surface area contributed by atoms with Gasteiger partial charge in [-0.2, -0.15) is 62.3 Å². The van der Waals surface area contributed by atoms with Crippen LogP contribution in [0.3, 0.4) is 0 Å². The van der Waals surface area contributed by atoms with E-state index in [2.05, 4.69) is 49.5 Å². The predicted octanol–water partition coefficient (Wildman–Crippen LogP) is 16.8. The molecule has 2 atom stereocenters. The number of pyridine rings is 3. The van der Waals surface area contributed by atoms with Crippen molar-refractivity contribution in [2.45, 2.75) is 88.9 Å². The molecule has 84 heavy (non-hydrogen) atoms. The summed E-state index contributed by atoms with van der Waals surface area (Å²) in [7, 11) is -1.79. The lowest BCUT2D eigenvalue weighted by Gasteiger charge is -2.30. The second kappa shape index (κ2) is 31.8. The average molecular weight is 1320 g/mol. The fraction of sp³-hybridized carbons (Fsp3) is 0.255. The van der Waals surface area contributed by atoms with E-state index in [0.717, 1.165) is 42.0 Å². The molecule has 0 aliphatic carbocycles. The third kappa shape index (κ3) is 22.5. The lowest BCUT2D eigenvalue weighted by Crippen LogP contribution is -2.41. The van der Waals surface area contributed by atoms with Crippen LogP contribution in [0.4, 0.5) is 65.9 Å². The van der Waals surface area contributed by atoms with E-state index in [0.29, 0.717) is 33.9 Å². The molecule has 0 radical (unpaired) electrons. The number of aromatic nitrogens is 3. The Bertz CT molecular complexity index is 3280. The second-order valence-corrected chi connectivity index (χ2v) is 21.0. The van der Waals surface area contributed by atoms with Gasteiger partial charge in [0.15, 0.2) is 0 Å². The van der Waals surface area contributed by atoms with Crippen molar-refractivity contribution in [2.24, 2.45) is 10.1 Å². The molecule has 0 unspecified atom stereocenters. The van der Waals surface area contributed by atoms with Gasteiger partial charge in [-0.25, -0.2) is 22.4 Å². The standard InChI is InChI=1S/C21H16ClF5N2O.C18H17F5N2O2S.C8H4BrF5O.C6H3ClN2.C2H6/c22-15-6-7-18(29-12-15)20(28,11-13-4-2-1-3-5-13)14-8-16(23)10-17(9-14)30-21(26,27)19(24)25;1-17(2,3)28(26)25-15(14-6-4-5-7-24-14)11-8-12(19)10-13(9-11)27-18(22,23)16(20)21;9-4-1-5(10)3-6(2-4)15-8(13,14)7(11)12;7-5-1-2-6(3-8)9-4-5;1-2/h1-10,12,19H,11,28H2;4-10,16H,1-3H3;1-3,7H;1-2,4H;1-2H3/t20-;28-;;;/m11.../s1. The Balaban J connectivity index is 0.000000314. The van der Waals surface area contributed by atoms with E-state index >= 15 is 0 Å². The van der Waals surface area contributed by atoms with Gasteiger partial charge < -0.3 is 19.9 Å². The summed E-state index contributed by atoms with van der Waals surface area (Å²) in [4.78, 5) is 12.0. The minimum atomic E-state index is -4.80. The van der Waals surface area contributed by atoms with Gasteiger partial charge in [0.25, 0.3) is 0 Å². The fourth-order valence-corrected chi connectivity index (χ4v) is 7.45. The zero-order valence-electron chi connectivity index (χ0n) is 44.0. The Kier molecular flexibility index (Phi) is 27.0. The highest BCUT2D eigenvalue weighted by molar-refractivity contribution is 9.10. The summed E-state index contributed by atoms with van der Waals surface area (Å²) in [6.45, 7) is 8.98. The number of nitrogens with two attached hydrogens (primary N) is 1. The molecule has 0 saturated heterocycles. The van der Waals surface area contributed by atoms with Crippen molar-refractivity contribution in [3.8, 4) is 23.3 Å². The molecule has 10 nitrogen and oxygen atoms in total. The van der Waals surface area contributed by atoms with Crippen molar-refractivity contribution in [3.05, 3.63) is 212 Å². The zero-order chi connectivity index (χ0) is 63.4. The van der Waals surface area contributed by atoms with Gasteiger partial charge in [0.05, 0.1) is 31.7 Å². The molecule has 2 N–H and O–H groups in total. The van der Waals surface area contributed by atoms with Gasteiger partial charge in [-0.1, -0.05) is 89.4 Å². The SMILES string of the molecule is CC.CC(C)(C)[S@@](=O)N=C(c1cc(F)cc(OC(F)(F)C(F)F)c1)c1ccccn1.Fc1cc(Br)cc(OC(F)(F)C(F)F)c1.N#Cc1ccc(Cl)cn1.N[C@](Cc1ccccc1)(c1cc(F)cc(OC(F)(F)C(F)F)c1)c1ccc(Cl)cn1. The number of halogens is 18. The van der Waals surface area contributed by atoms with Crippen molar-refractivity contribution >= 4 is 55.8 Å². The second-order valence-electron chi connectivity index (χ2n) is 17.3. The summed E-state index contributed by atoms with van der Waals surface area (Å²) in [5.41, 5.74) is 6.59. The van der Waals surface area contributed by atoms with Gasteiger partial charge in [-0.15, -0.1) is 0 Å². The van der Waals surface area contributed by atoms with Crippen molar-refractivity contribution < 1.29 is 84.3 Å². The van der Waals surface area contributed by atoms with Crippen LogP contribution in [-0.2, 0) is 22.9 Å². The summed E-state index contributed by atoms with van der Waals surface area (Å²) in [6, 6.07) is 29.2. The molecule has 29 heteroatoms. The van der Waals surface area contributed by atoms with Gasteiger partial charge in [0.2, 0.25) is 0 Å². The third-order valence-corrected chi connectivity index (χ3v) is 12.2. The number of hydrogen-bond donors (Lipinski definition) is 1. The van der Waals surface area contributed by atoms with E-state index in [1.165, 1.54) is 36.8 Å². The molecular formula is C55H46BrCl2F15N6O4S. The maximum atomic E-state index is 14.2. The summed E-state index contributed by atoms with van der Waals surface area (Å²) in [5, 5.41) is 9.16. The lowest BCUT2D eigenvalue weighted by molar-refractivity contribution is -0.253. The molecule has 0 bridgehead atoms. The van der Waals surface area contributed by atoms with Gasteiger partial charge in [-0.3, -0.25) is 9.97 Å². The Morgan fingerprint density at radius 3 is 1.56 bits per heavy atom. The molecule has 0 spiro atoms. The van der Waals surface area contributed by atoms with Crippen LogP contribution in [0, 0.1) is 28.8 Å². The van der Waals surface area contributed by atoms with E-state index in [4.69, 9.17) is 34.2 Å². The fourth-order valence-electron chi connectivity index (χ4n) is 6.14. The first-order valence-corrected chi connectivity index (χ1v) is 26.3. The average Bonchev–Trinajstić information content (AvgIpc) is 1.42. The first kappa shape index (κ1) is 71.3. The number of alkyl halides is 12. The predicted molar refractivity (Wildman–Crippen MR) is 289 cm³/mol. The number of benzene rings is 4. The van der Waals surface area contributed by atoms with Crippen molar-refractivity contribution in [1.29, 1.82) is 5.26 Å².